The van der Waals surface area contributed by atoms with Crippen LogP contribution in [0.2, 0.25) is 0 Å². The third kappa shape index (κ3) is 0.787. The monoisotopic (exact) mass is 208 g/mol. The molecule has 80 valence electrons. The van der Waals surface area contributed by atoms with Gasteiger partial charge >= 0.3 is 0 Å². The number of fused-ring (bicyclic) bond motifs is 8. The van der Waals surface area contributed by atoms with Crippen LogP contribution in [0.3, 0.4) is 0 Å². The molecule has 5 heteroatoms. The standard InChI is InChI=1S/C10H12N2O3/c13-9-6-3-1-4(7(6)10(14)12-9)8-5(3)2-11-15-8/h3-8,11H,1-2H2,(H,12,13,14). The molecule has 2 bridgehead atoms. The fourth-order valence-electron chi connectivity index (χ4n) is 4.17. The number of rotatable bonds is 0. The number of imide groups is 1. The number of nitrogens with one attached hydrogen (secondary N) is 2. The summed E-state index contributed by atoms with van der Waals surface area (Å²) >= 11 is 0. The summed E-state index contributed by atoms with van der Waals surface area (Å²) in [6, 6.07) is 0. The number of carbonyl (C=O) groups is 2. The summed E-state index contributed by atoms with van der Waals surface area (Å²) in [5.41, 5.74) is 2.90. The van der Waals surface area contributed by atoms with Gasteiger partial charge in [0.05, 0.1) is 17.9 Å². The minimum atomic E-state index is -0.108. The summed E-state index contributed by atoms with van der Waals surface area (Å²) in [5.74, 6) is 0.746. The van der Waals surface area contributed by atoms with Crippen LogP contribution in [-0.2, 0) is 14.4 Å². The molecular formula is C10H12N2O3. The summed E-state index contributed by atoms with van der Waals surface area (Å²) in [6.45, 7) is 0.830. The number of carbonyl (C=O) groups excluding carboxylic acids is 2. The normalized spacial score (nSPS) is 55.7. The van der Waals surface area contributed by atoms with E-state index in [2.05, 4.69) is 10.8 Å². The van der Waals surface area contributed by atoms with Crippen molar-refractivity contribution in [3.63, 3.8) is 0 Å². The van der Waals surface area contributed by atoms with Crippen LogP contribution in [0.4, 0.5) is 0 Å². The number of hydrogen-bond donors (Lipinski definition) is 2. The summed E-state index contributed by atoms with van der Waals surface area (Å²) in [4.78, 5) is 28.7. The van der Waals surface area contributed by atoms with Crippen LogP contribution >= 0.6 is 0 Å². The van der Waals surface area contributed by atoms with Crippen molar-refractivity contribution in [2.24, 2.45) is 29.6 Å². The third-order valence-electron chi connectivity index (χ3n) is 4.64. The number of hydrogen-bond acceptors (Lipinski definition) is 4. The van der Waals surface area contributed by atoms with E-state index in [1.165, 1.54) is 0 Å². The molecule has 0 aromatic heterocycles. The molecule has 2 aliphatic heterocycles. The highest BCUT2D eigenvalue weighted by atomic mass is 16.7. The van der Waals surface area contributed by atoms with Crippen molar-refractivity contribution in [2.45, 2.75) is 12.5 Å². The molecule has 2 saturated heterocycles. The fourth-order valence-corrected chi connectivity index (χ4v) is 4.17. The molecule has 15 heavy (non-hydrogen) atoms. The molecule has 6 unspecified atom stereocenters. The Morgan fingerprint density at radius 3 is 2.60 bits per heavy atom. The van der Waals surface area contributed by atoms with Crippen LogP contribution in [0.1, 0.15) is 6.42 Å². The van der Waals surface area contributed by atoms with Crippen molar-refractivity contribution in [1.29, 1.82) is 0 Å². The van der Waals surface area contributed by atoms with Crippen LogP contribution in [0, 0.1) is 29.6 Å². The molecule has 2 aliphatic carbocycles. The molecule has 4 aliphatic rings. The molecule has 2 heterocycles. The molecule has 2 N–H and O–H groups in total. The Kier molecular flexibility index (Phi) is 1.33. The lowest BCUT2D eigenvalue weighted by Gasteiger charge is -2.28. The molecular weight excluding hydrogens is 196 g/mol. The first-order valence-electron chi connectivity index (χ1n) is 5.50. The van der Waals surface area contributed by atoms with Crippen molar-refractivity contribution in [3.05, 3.63) is 0 Å². The van der Waals surface area contributed by atoms with Crippen molar-refractivity contribution in [3.8, 4) is 0 Å². The average Bonchev–Trinajstić information content (AvgIpc) is 2.88. The van der Waals surface area contributed by atoms with Crippen LogP contribution in [0.25, 0.3) is 0 Å². The summed E-state index contributed by atoms with van der Waals surface area (Å²) in [7, 11) is 0. The smallest absolute Gasteiger partial charge is 0.230 e. The Hall–Kier alpha value is -0.940. The van der Waals surface area contributed by atoms with E-state index in [9.17, 15) is 9.59 Å². The van der Waals surface area contributed by atoms with Gasteiger partial charge in [-0.05, 0) is 12.3 Å². The Morgan fingerprint density at radius 1 is 1.07 bits per heavy atom. The summed E-state index contributed by atoms with van der Waals surface area (Å²) < 4.78 is 0. The second-order valence-electron chi connectivity index (χ2n) is 5.06. The SMILES string of the molecule is O=C1NC(=O)C2C3CC(C4CNOC43)C12. The maximum atomic E-state index is 11.7. The van der Waals surface area contributed by atoms with E-state index in [1.807, 2.05) is 0 Å². The van der Waals surface area contributed by atoms with Crippen LogP contribution < -0.4 is 10.8 Å². The minimum absolute atomic E-state index is 0.0529. The Balaban J connectivity index is 1.78. The molecule has 5 nitrogen and oxygen atoms in total. The van der Waals surface area contributed by atoms with Gasteiger partial charge in [-0.3, -0.25) is 19.7 Å². The van der Waals surface area contributed by atoms with Gasteiger partial charge < -0.3 is 0 Å². The van der Waals surface area contributed by atoms with Crippen molar-refractivity contribution in [2.75, 3.05) is 6.54 Å². The third-order valence-corrected chi connectivity index (χ3v) is 4.64. The van der Waals surface area contributed by atoms with Gasteiger partial charge in [0, 0.05) is 18.4 Å². The van der Waals surface area contributed by atoms with Gasteiger partial charge in [0.15, 0.2) is 0 Å². The maximum Gasteiger partial charge on any atom is 0.230 e. The molecule has 0 spiro atoms. The molecule has 0 radical (unpaired) electrons. The fraction of sp³-hybridized carbons (Fsp3) is 0.800. The zero-order valence-corrected chi connectivity index (χ0v) is 8.10. The van der Waals surface area contributed by atoms with Gasteiger partial charge in [-0.1, -0.05) is 0 Å². The summed E-state index contributed by atoms with van der Waals surface area (Å²) in [6.07, 6.45) is 1.15. The highest BCUT2D eigenvalue weighted by Crippen LogP contribution is 2.58. The number of amides is 2. The van der Waals surface area contributed by atoms with Crippen molar-refractivity contribution < 1.29 is 14.4 Å². The van der Waals surface area contributed by atoms with E-state index in [0.717, 1.165) is 13.0 Å². The average molecular weight is 208 g/mol. The molecule has 0 aromatic rings. The Labute approximate surface area is 86.5 Å². The van der Waals surface area contributed by atoms with E-state index in [-0.39, 0.29) is 35.7 Å². The van der Waals surface area contributed by atoms with Crippen LogP contribution in [0.15, 0.2) is 0 Å². The molecule has 6 atom stereocenters. The van der Waals surface area contributed by atoms with E-state index in [1.54, 1.807) is 0 Å². The highest BCUT2D eigenvalue weighted by Gasteiger charge is 2.66. The number of hydroxylamine groups is 1. The van der Waals surface area contributed by atoms with E-state index >= 15 is 0 Å². The lowest BCUT2D eigenvalue weighted by atomic mass is 9.74. The first-order chi connectivity index (χ1) is 7.27. The zero-order valence-electron chi connectivity index (χ0n) is 8.10. The molecule has 2 amide bonds. The van der Waals surface area contributed by atoms with Gasteiger partial charge in [-0.25, -0.2) is 5.48 Å². The first-order valence-corrected chi connectivity index (χ1v) is 5.50. The predicted molar refractivity (Wildman–Crippen MR) is 48.1 cm³/mol. The van der Waals surface area contributed by atoms with E-state index in [0.29, 0.717) is 11.8 Å². The topological polar surface area (TPSA) is 67.4 Å². The van der Waals surface area contributed by atoms with Gasteiger partial charge in [-0.15, -0.1) is 0 Å². The van der Waals surface area contributed by atoms with Crippen LogP contribution in [-0.4, -0.2) is 24.5 Å². The Bertz CT molecular complexity index is 338. The van der Waals surface area contributed by atoms with Crippen molar-refractivity contribution in [1.82, 2.24) is 10.8 Å². The lowest BCUT2D eigenvalue weighted by Crippen LogP contribution is -2.38. The molecule has 4 fully saturated rings. The quantitative estimate of drug-likeness (QED) is 0.503. The largest absolute Gasteiger partial charge is 0.298 e. The first kappa shape index (κ1) is 8.24. The zero-order chi connectivity index (χ0) is 10.2. The molecule has 4 rings (SSSR count). The minimum Gasteiger partial charge on any atom is -0.298 e. The van der Waals surface area contributed by atoms with E-state index < -0.39 is 0 Å². The summed E-state index contributed by atoms with van der Waals surface area (Å²) in [5, 5.41) is 2.46. The van der Waals surface area contributed by atoms with Gasteiger partial charge in [0.2, 0.25) is 11.8 Å². The van der Waals surface area contributed by atoms with E-state index in [4.69, 9.17) is 4.84 Å². The molecule has 2 saturated carbocycles. The lowest BCUT2D eigenvalue weighted by molar-refractivity contribution is -0.127. The van der Waals surface area contributed by atoms with Crippen molar-refractivity contribution >= 4 is 11.8 Å². The second kappa shape index (κ2) is 2.41. The van der Waals surface area contributed by atoms with Gasteiger partial charge in [-0.2, -0.15) is 0 Å². The Morgan fingerprint density at radius 2 is 1.80 bits per heavy atom. The van der Waals surface area contributed by atoms with Gasteiger partial charge in [0.1, 0.15) is 0 Å². The maximum absolute atomic E-state index is 11.7. The predicted octanol–water partition coefficient (Wildman–Crippen LogP) is -0.955. The molecule has 0 aromatic carbocycles. The highest BCUT2D eigenvalue weighted by molar-refractivity contribution is 6.06. The second-order valence-corrected chi connectivity index (χ2v) is 5.06. The van der Waals surface area contributed by atoms with Crippen LogP contribution in [0.5, 0.6) is 0 Å². The van der Waals surface area contributed by atoms with Gasteiger partial charge in [0.25, 0.3) is 0 Å².